The van der Waals surface area contributed by atoms with Crippen molar-refractivity contribution in [3.63, 3.8) is 0 Å². The smallest absolute Gasteiger partial charge is 0.0667 e. The van der Waals surface area contributed by atoms with Crippen LogP contribution < -0.4 is 0 Å². The third-order valence-corrected chi connectivity index (χ3v) is 7.88. The minimum atomic E-state index is -0.209. The highest BCUT2D eigenvalue weighted by Crippen LogP contribution is 2.62. The molecular formula is C21H32O. The number of rotatable bonds is 3. The normalized spacial score (nSPS) is 48.1. The molecular weight excluding hydrogens is 268 g/mol. The van der Waals surface area contributed by atoms with Crippen molar-refractivity contribution in [2.24, 2.45) is 35.0 Å². The first-order chi connectivity index (χ1) is 10.8. The molecule has 4 aliphatic rings. The van der Waals surface area contributed by atoms with Crippen LogP contribution in [0, 0.1) is 35.0 Å². The van der Waals surface area contributed by atoms with Crippen LogP contribution in [0.1, 0.15) is 64.2 Å². The largest absolute Gasteiger partial charge is 0.392 e. The number of hydrogen-bond donors (Lipinski definition) is 1. The highest BCUT2D eigenvalue weighted by atomic mass is 16.3. The second-order valence-corrected chi connectivity index (χ2v) is 8.55. The summed E-state index contributed by atoms with van der Waals surface area (Å²) in [4.78, 5) is 0. The van der Waals surface area contributed by atoms with Crippen molar-refractivity contribution in [3.8, 4) is 0 Å². The Labute approximate surface area is 135 Å². The van der Waals surface area contributed by atoms with E-state index in [4.69, 9.17) is 0 Å². The lowest BCUT2D eigenvalue weighted by Gasteiger charge is -2.56. The first-order valence-corrected chi connectivity index (χ1v) is 9.73. The Morgan fingerprint density at radius 1 is 1.09 bits per heavy atom. The van der Waals surface area contributed by atoms with Gasteiger partial charge in [0.05, 0.1) is 6.10 Å². The summed E-state index contributed by atoms with van der Waals surface area (Å²) in [7, 11) is 0. The molecule has 0 unspecified atom stereocenters. The fraction of sp³-hybridized carbons (Fsp3) is 0.810. The third kappa shape index (κ3) is 2.15. The van der Waals surface area contributed by atoms with E-state index in [1.807, 2.05) is 6.08 Å². The van der Waals surface area contributed by atoms with Crippen molar-refractivity contribution < 1.29 is 5.11 Å². The number of hydrogen-bond acceptors (Lipinski definition) is 1. The van der Waals surface area contributed by atoms with Gasteiger partial charge in [-0.2, -0.15) is 0 Å². The van der Waals surface area contributed by atoms with Crippen LogP contribution in [0.3, 0.4) is 0 Å². The van der Waals surface area contributed by atoms with E-state index >= 15 is 0 Å². The molecule has 0 spiro atoms. The quantitative estimate of drug-likeness (QED) is 0.718. The monoisotopic (exact) mass is 300 g/mol. The van der Waals surface area contributed by atoms with Crippen LogP contribution in [-0.2, 0) is 0 Å². The van der Waals surface area contributed by atoms with E-state index in [0.717, 1.165) is 30.1 Å². The summed E-state index contributed by atoms with van der Waals surface area (Å²) in [5.41, 5.74) is 0.0802. The van der Waals surface area contributed by atoms with Crippen LogP contribution in [0.5, 0.6) is 0 Å². The molecule has 4 rings (SSSR count). The second kappa shape index (κ2) is 5.82. The van der Waals surface area contributed by atoms with Crippen LogP contribution in [0.15, 0.2) is 24.8 Å². The van der Waals surface area contributed by atoms with E-state index in [0.29, 0.717) is 5.92 Å². The molecule has 4 aliphatic carbocycles. The minimum absolute atomic E-state index is 0.0802. The Kier molecular flexibility index (Phi) is 3.97. The Morgan fingerprint density at radius 3 is 2.82 bits per heavy atom. The number of aliphatic hydroxyl groups excluding tert-OH is 1. The molecule has 0 bridgehead atoms. The highest BCUT2D eigenvalue weighted by molar-refractivity contribution is 5.19. The van der Waals surface area contributed by atoms with Crippen molar-refractivity contribution in [1.82, 2.24) is 0 Å². The second-order valence-electron chi connectivity index (χ2n) is 8.55. The molecule has 0 radical (unpaired) electrons. The van der Waals surface area contributed by atoms with Crippen molar-refractivity contribution in [2.75, 3.05) is 0 Å². The molecule has 0 heterocycles. The maximum absolute atomic E-state index is 10.8. The minimum Gasteiger partial charge on any atom is -0.392 e. The van der Waals surface area contributed by atoms with Gasteiger partial charge in [-0.25, -0.2) is 0 Å². The van der Waals surface area contributed by atoms with E-state index in [1.165, 1.54) is 57.8 Å². The third-order valence-electron chi connectivity index (χ3n) is 7.88. The van der Waals surface area contributed by atoms with Crippen molar-refractivity contribution in [1.29, 1.82) is 0 Å². The van der Waals surface area contributed by atoms with Gasteiger partial charge in [0.15, 0.2) is 0 Å². The molecule has 0 aromatic carbocycles. The zero-order valence-electron chi connectivity index (χ0n) is 13.9. The summed E-state index contributed by atoms with van der Waals surface area (Å²) in [5, 5.41) is 10.8. The van der Waals surface area contributed by atoms with Crippen molar-refractivity contribution >= 4 is 0 Å². The summed E-state index contributed by atoms with van der Waals surface area (Å²) in [6, 6.07) is 0. The van der Waals surface area contributed by atoms with Gasteiger partial charge in [-0.3, -0.25) is 0 Å². The average Bonchev–Trinajstić information content (AvgIpc) is 3.00. The topological polar surface area (TPSA) is 20.2 Å². The Balaban J connectivity index is 1.58. The molecule has 0 aromatic heterocycles. The summed E-state index contributed by atoms with van der Waals surface area (Å²) < 4.78 is 0. The molecule has 3 saturated carbocycles. The van der Waals surface area contributed by atoms with Crippen LogP contribution in [-0.4, -0.2) is 11.2 Å². The molecule has 1 N–H and O–H groups in total. The summed E-state index contributed by atoms with van der Waals surface area (Å²) in [6.45, 7) is 3.86. The zero-order valence-corrected chi connectivity index (χ0v) is 13.9. The molecule has 1 heteroatoms. The summed E-state index contributed by atoms with van der Waals surface area (Å²) in [6.07, 6.45) is 19.9. The van der Waals surface area contributed by atoms with Crippen molar-refractivity contribution in [3.05, 3.63) is 24.8 Å². The van der Waals surface area contributed by atoms with Crippen LogP contribution in [0.2, 0.25) is 0 Å². The van der Waals surface area contributed by atoms with E-state index in [1.54, 1.807) is 0 Å². The summed E-state index contributed by atoms with van der Waals surface area (Å²) in [5.74, 6) is 4.61. The lowest BCUT2D eigenvalue weighted by atomic mass is 9.49. The first-order valence-electron chi connectivity index (χ1n) is 9.73. The molecule has 1 nitrogen and oxygen atoms in total. The lowest BCUT2D eigenvalue weighted by Crippen LogP contribution is -2.51. The molecule has 0 amide bonds. The molecule has 0 aliphatic heterocycles. The number of aliphatic hydroxyl groups is 1. The van der Waals surface area contributed by atoms with Crippen LogP contribution in [0.4, 0.5) is 0 Å². The molecule has 0 saturated heterocycles. The fourth-order valence-electron chi connectivity index (χ4n) is 6.96. The predicted octanol–water partition coefficient (Wildman–Crippen LogP) is 5.11. The van der Waals surface area contributed by atoms with E-state index in [2.05, 4.69) is 18.7 Å². The van der Waals surface area contributed by atoms with Gasteiger partial charge in [-0.1, -0.05) is 37.5 Å². The Bertz CT molecular complexity index is 453. The van der Waals surface area contributed by atoms with E-state index < -0.39 is 0 Å². The molecule has 3 fully saturated rings. The van der Waals surface area contributed by atoms with Gasteiger partial charge in [0, 0.05) is 5.41 Å². The van der Waals surface area contributed by atoms with Gasteiger partial charge in [0.2, 0.25) is 0 Å². The SMILES string of the molecule is C=CC[C@H](O)[C@@]12C=CC[C@H]1[C@@H]1CC[C@H]3CCCC[C@@H]3[C@H]1CC2. The predicted molar refractivity (Wildman–Crippen MR) is 91.4 cm³/mol. The Morgan fingerprint density at radius 2 is 1.95 bits per heavy atom. The van der Waals surface area contributed by atoms with Crippen molar-refractivity contribution in [2.45, 2.75) is 70.3 Å². The zero-order chi connectivity index (χ0) is 15.2. The molecule has 122 valence electrons. The molecule has 7 atom stereocenters. The molecule has 0 aromatic rings. The Hall–Kier alpha value is -0.560. The van der Waals surface area contributed by atoms with Gasteiger partial charge < -0.3 is 5.11 Å². The number of allylic oxidation sites excluding steroid dienone is 1. The van der Waals surface area contributed by atoms with Gasteiger partial charge in [0.1, 0.15) is 0 Å². The highest BCUT2D eigenvalue weighted by Gasteiger charge is 2.55. The van der Waals surface area contributed by atoms with Crippen LogP contribution in [0.25, 0.3) is 0 Å². The van der Waals surface area contributed by atoms with Gasteiger partial charge in [-0.15, -0.1) is 6.58 Å². The lowest BCUT2D eigenvalue weighted by molar-refractivity contribution is -0.0893. The van der Waals surface area contributed by atoms with E-state index in [-0.39, 0.29) is 11.5 Å². The number of fused-ring (bicyclic) bond motifs is 5. The van der Waals surface area contributed by atoms with Gasteiger partial charge >= 0.3 is 0 Å². The van der Waals surface area contributed by atoms with Gasteiger partial charge in [0.25, 0.3) is 0 Å². The van der Waals surface area contributed by atoms with Crippen LogP contribution >= 0.6 is 0 Å². The maximum atomic E-state index is 10.8. The standard InChI is InChI=1S/C21H32O/c1-2-6-20(22)21-13-5-9-19(21)18-11-10-15-7-3-4-8-16(15)17(18)12-14-21/h2,5,13,15-20,22H,1,3-4,6-12,14H2/t15-,16+,17-,18-,19+,20+,21-/m1/s1. The van der Waals surface area contributed by atoms with Gasteiger partial charge in [-0.05, 0) is 74.5 Å². The van der Waals surface area contributed by atoms with E-state index in [9.17, 15) is 5.11 Å². The average molecular weight is 300 g/mol. The fourth-order valence-corrected chi connectivity index (χ4v) is 6.96. The maximum Gasteiger partial charge on any atom is 0.0667 e. The molecule has 22 heavy (non-hydrogen) atoms. The summed E-state index contributed by atoms with van der Waals surface area (Å²) >= 11 is 0. The first kappa shape index (κ1) is 15.0.